The zero-order valence-electron chi connectivity index (χ0n) is 10.8. The molecular weight excluding hydrogens is 231 g/mol. The van der Waals surface area contributed by atoms with Crippen LogP contribution >= 0.6 is 0 Å². The van der Waals surface area contributed by atoms with E-state index in [-0.39, 0.29) is 29.7 Å². The normalized spacial score (nSPS) is 22.2. The van der Waals surface area contributed by atoms with Crippen molar-refractivity contribution >= 4 is 5.91 Å². The second-order valence-corrected chi connectivity index (χ2v) is 5.40. The number of likely N-dealkylation sites (tertiary alicyclic amines) is 1. The molecule has 2 N–H and O–H groups in total. The monoisotopic (exact) mass is 250 g/mol. The summed E-state index contributed by atoms with van der Waals surface area (Å²) in [5, 5.41) is 0. The van der Waals surface area contributed by atoms with Gasteiger partial charge in [0, 0.05) is 12.6 Å². The van der Waals surface area contributed by atoms with Gasteiger partial charge in [-0.15, -0.1) is 0 Å². The SMILES string of the molecule is CC1(C)C(N)CCN1C(=O)Cc1cccc(F)c1. The van der Waals surface area contributed by atoms with E-state index >= 15 is 0 Å². The Morgan fingerprint density at radius 1 is 1.56 bits per heavy atom. The molecule has 0 aromatic heterocycles. The molecule has 0 radical (unpaired) electrons. The highest BCUT2D eigenvalue weighted by molar-refractivity contribution is 5.80. The van der Waals surface area contributed by atoms with E-state index in [1.807, 2.05) is 18.7 Å². The van der Waals surface area contributed by atoms with Crippen LogP contribution in [0.4, 0.5) is 4.39 Å². The minimum absolute atomic E-state index is 0.00830. The first-order valence-corrected chi connectivity index (χ1v) is 6.22. The number of benzene rings is 1. The molecule has 0 spiro atoms. The maximum absolute atomic E-state index is 13.1. The van der Waals surface area contributed by atoms with Gasteiger partial charge in [-0.25, -0.2) is 4.39 Å². The van der Waals surface area contributed by atoms with E-state index in [0.717, 1.165) is 6.42 Å². The Morgan fingerprint density at radius 2 is 2.28 bits per heavy atom. The molecule has 1 unspecified atom stereocenters. The number of hydrogen-bond donors (Lipinski definition) is 1. The molecule has 98 valence electrons. The molecule has 3 nitrogen and oxygen atoms in total. The Bertz CT molecular complexity index is 459. The third-order valence-corrected chi connectivity index (χ3v) is 3.81. The molecule has 1 atom stereocenters. The molecule has 1 heterocycles. The van der Waals surface area contributed by atoms with E-state index in [9.17, 15) is 9.18 Å². The summed E-state index contributed by atoms with van der Waals surface area (Å²) in [5.74, 6) is -0.295. The summed E-state index contributed by atoms with van der Waals surface area (Å²) in [4.78, 5) is 14.0. The summed E-state index contributed by atoms with van der Waals surface area (Å²) >= 11 is 0. The van der Waals surface area contributed by atoms with Gasteiger partial charge in [0.15, 0.2) is 0 Å². The highest BCUT2D eigenvalue weighted by atomic mass is 19.1. The molecular formula is C14H19FN2O. The first-order chi connectivity index (χ1) is 8.41. The van der Waals surface area contributed by atoms with Crippen molar-refractivity contribution in [2.24, 2.45) is 5.73 Å². The number of nitrogens with zero attached hydrogens (tertiary/aromatic N) is 1. The molecule has 1 aliphatic heterocycles. The zero-order chi connectivity index (χ0) is 13.3. The topological polar surface area (TPSA) is 46.3 Å². The molecule has 2 rings (SSSR count). The van der Waals surface area contributed by atoms with Crippen molar-refractivity contribution in [2.45, 2.75) is 38.3 Å². The molecule has 0 aliphatic carbocycles. The fourth-order valence-corrected chi connectivity index (χ4v) is 2.47. The molecule has 1 aromatic carbocycles. The standard InChI is InChI=1S/C14H19FN2O/c1-14(2)12(16)6-7-17(14)13(18)9-10-4-3-5-11(15)8-10/h3-5,8,12H,6-7,9,16H2,1-2H3. The fraction of sp³-hybridized carbons (Fsp3) is 0.500. The minimum Gasteiger partial charge on any atom is -0.336 e. The second-order valence-electron chi connectivity index (χ2n) is 5.40. The maximum atomic E-state index is 13.1. The Labute approximate surface area is 107 Å². The number of rotatable bonds is 2. The lowest BCUT2D eigenvalue weighted by Crippen LogP contribution is -2.51. The fourth-order valence-electron chi connectivity index (χ4n) is 2.47. The molecule has 1 aromatic rings. The Hall–Kier alpha value is -1.42. The molecule has 1 fully saturated rings. The van der Waals surface area contributed by atoms with Crippen LogP contribution < -0.4 is 5.73 Å². The second kappa shape index (κ2) is 4.69. The van der Waals surface area contributed by atoms with Gasteiger partial charge < -0.3 is 10.6 Å². The van der Waals surface area contributed by atoms with Crippen molar-refractivity contribution in [3.63, 3.8) is 0 Å². The Balaban J connectivity index is 2.09. The molecule has 1 aliphatic rings. The van der Waals surface area contributed by atoms with Crippen LogP contribution in [-0.4, -0.2) is 28.9 Å². The van der Waals surface area contributed by atoms with Crippen molar-refractivity contribution in [1.82, 2.24) is 4.90 Å². The summed E-state index contributed by atoms with van der Waals surface area (Å²) in [6.07, 6.45) is 1.05. The summed E-state index contributed by atoms with van der Waals surface area (Å²) in [6, 6.07) is 6.18. The lowest BCUT2D eigenvalue weighted by molar-refractivity contribution is -0.133. The van der Waals surface area contributed by atoms with E-state index in [4.69, 9.17) is 5.73 Å². The first-order valence-electron chi connectivity index (χ1n) is 6.22. The molecule has 4 heteroatoms. The van der Waals surface area contributed by atoms with Gasteiger partial charge in [0.2, 0.25) is 5.91 Å². The summed E-state index contributed by atoms with van der Waals surface area (Å²) in [7, 11) is 0. The highest BCUT2D eigenvalue weighted by Gasteiger charge is 2.41. The lowest BCUT2D eigenvalue weighted by atomic mass is 9.96. The number of halogens is 1. The van der Waals surface area contributed by atoms with Crippen LogP contribution in [0.2, 0.25) is 0 Å². The van der Waals surface area contributed by atoms with Crippen LogP contribution in [0.1, 0.15) is 25.8 Å². The highest BCUT2D eigenvalue weighted by Crippen LogP contribution is 2.28. The average Bonchev–Trinajstić information content (AvgIpc) is 2.54. The number of nitrogens with two attached hydrogens (primary N) is 1. The van der Waals surface area contributed by atoms with E-state index in [1.54, 1.807) is 12.1 Å². The van der Waals surface area contributed by atoms with Crippen molar-refractivity contribution < 1.29 is 9.18 Å². The largest absolute Gasteiger partial charge is 0.336 e. The van der Waals surface area contributed by atoms with Crippen LogP contribution in [0.25, 0.3) is 0 Å². The van der Waals surface area contributed by atoms with Crippen molar-refractivity contribution in [2.75, 3.05) is 6.54 Å². The number of hydrogen-bond acceptors (Lipinski definition) is 2. The third kappa shape index (κ3) is 2.38. The average molecular weight is 250 g/mol. The van der Waals surface area contributed by atoms with E-state index in [0.29, 0.717) is 12.1 Å². The van der Waals surface area contributed by atoms with Gasteiger partial charge in [-0.1, -0.05) is 12.1 Å². The van der Waals surface area contributed by atoms with Gasteiger partial charge in [-0.3, -0.25) is 4.79 Å². The smallest absolute Gasteiger partial charge is 0.227 e. The number of amides is 1. The van der Waals surface area contributed by atoms with Gasteiger partial charge in [-0.2, -0.15) is 0 Å². The van der Waals surface area contributed by atoms with Crippen molar-refractivity contribution in [3.05, 3.63) is 35.6 Å². The van der Waals surface area contributed by atoms with Crippen LogP contribution in [0.15, 0.2) is 24.3 Å². The lowest BCUT2D eigenvalue weighted by Gasteiger charge is -2.34. The van der Waals surface area contributed by atoms with Crippen molar-refractivity contribution in [1.29, 1.82) is 0 Å². The minimum atomic E-state index is -0.315. The van der Waals surface area contributed by atoms with E-state index in [2.05, 4.69) is 0 Å². The molecule has 0 saturated carbocycles. The predicted molar refractivity (Wildman–Crippen MR) is 68.5 cm³/mol. The number of carbonyl (C=O) groups is 1. The van der Waals surface area contributed by atoms with Gasteiger partial charge in [0.25, 0.3) is 0 Å². The Morgan fingerprint density at radius 3 is 2.83 bits per heavy atom. The van der Waals surface area contributed by atoms with E-state index in [1.165, 1.54) is 12.1 Å². The summed E-state index contributed by atoms with van der Waals surface area (Å²) < 4.78 is 13.1. The van der Waals surface area contributed by atoms with Gasteiger partial charge in [-0.05, 0) is 38.0 Å². The zero-order valence-corrected chi connectivity index (χ0v) is 10.8. The quantitative estimate of drug-likeness (QED) is 0.868. The molecule has 1 saturated heterocycles. The Kier molecular flexibility index (Phi) is 3.39. The van der Waals surface area contributed by atoms with Gasteiger partial charge in [0.05, 0.1) is 12.0 Å². The predicted octanol–water partition coefficient (Wildman–Crippen LogP) is 1.71. The summed E-state index contributed by atoms with van der Waals surface area (Å²) in [5.41, 5.74) is 6.39. The molecule has 18 heavy (non-hydrogen) atoms. The van der Waals surface area contributed by atoms with Crippen molar-refractivity contribution in [3.8, 4) is 0 Å². The maximum Gasteiger partial charge on any atom is 0.227 e. The summed E-state index contributed by atoms with van der Waals surface area (Å²) in [6.45, 7) is 4.64. The van der Waals surface area contributed by atoms with Gasteiger partial charge >= 0.3 is 0 Å². The molecule has 1 amide bonds. The molecule has 0 bridgehead atoms. The van der Waals surface area contributed by atoms with Crippen LogP contribution in [0.3, 0.4) is 0 Å². The van der Waals surface area contributed by atoms with Gasteiger partial charge in [0.1, 0.15) is 5.82 Å². The number of carbonyl (C=O) groups excluding carboxylic acids is 1. The first kappa shape index (κ1) is 13.0. The third-order valence-electron chi connectivity index (χ3n) is 3.81. The van der Waals surface area contributed by atoms with Crippen LogP contribution in [0, 0.1) is 5.82 Å². The van der Waals surface area contributed by atoms with E-state index < -0.39 is 0 Å². The van der Waals surface area contributed by atoms with Crippen LogP contribution in [0.5, 0.6) is 0 Å². The van der Waals surface area contributed by atoms with Crippen LogP contribution in [-0.2, 0) is 11.2 Å².